The van der Waals surface area contributed by atoms with Gasteiger partial charge in [-0.05, 0) is 30.7 Å². The summed E-state index contributed by atoms with van der Waals surface area (Å²) in [6.07, 6.45) is 0. The molecule has 5 nitrogen and oxygen atoms in total. The molecule has 0 unspecified atom stereocenters. The van der Waals surface area contributed by atoms with Crippen LogP contribution in [-0.4, -0.2) is 30.2 Å². The van der Waals surface area contributed by atoms with Gasteiger partial charge in [-0.25, -0.2) is 13.4 Å². The number of benzene rings is 2. The second-order valence-electron chi connectivity index (χ2n) is 5.55. The fourth-order valence-electron chi connectivity index (χ4n) is 2.44. The molecule has 0 radical (unpaired) electrons. The van der Waals surface area contributed by atoms with Gasteiger partial charge in [0, 0.05) is 5.56 Å². The molecule has 0 aromatic heterocycles. The Morgan fingerprint density at radius 2 is 1.72 bits per heavy atom. The number of aliphatic imine (C=N–C) groups is 1. The molecule has 1 aliphatic heterocycles. The van der Waals surface area contributed by atoms with Gasteiger partial charge in [0.05, 0.1) is 10.6 Å². The first-order valence-corrected chi connectivity index (χ1v) is 9.82. The highest BCUT2D eigenvalue weighted by Crippen LogP contribution is 2.27. The maximum Gasteiger partial charge on any atom is 0.212 e. The number of hydrazone groups is 1. The highest BCUT2D eigenvalue weighted by molar-refractivity contribution is 7.93. The average Bonchev–Trinajstić information content (AvgIpc) is 2.62. The van der Waals surface area contributed by atoms with Crippen LogP contribution in [0.3, 0.4) is 0 Å². The fraction of sp³-hybridized carbons (Fsp3) is 0.176. The van der Waals surface area contributed by atoms with Gasteiger partial charge in [-0.1, -0.05) is 48.0 Å². The first-order valence-electron chi connectivity index (χ1n) is 7.46. The summed E-state index contributed by atoms with van der Waals surface area (Å²) in [6.45, 7) is 1.88. The van der Waals surface area contributed by atoms with Gasteiger partial charge in [0.15, 0.2) is 14.5 Å². The van der Waals surface area contributed by atoms with Crippen LogP contribution in [0.5, 0.6) is 0 Å². The van der Waals surface area contributed by atoms with Gasteiger partial charge in [0.1, 0.15) is 6.04 Å². The number of rotatable bonds is 4. The number of amidine groups is 1. The van der Waals surface area contributed by atoms with Crippen LogP contribution in [0.4, 0.5) is 0 Å². The van der Waals surface area contributed by atoms with E-state index in [9.17, 15) is 8.42 Å². The number of alkyl halides is 1. The lowest BCUT2D eigenvalue weighted by Gasteiger charge is -2.24. The van der Waals surface area contributed by atoms with Crippen molar-refractivity contribution in [3.63, 3.8) is 0 Å². The van der Waals surface area contributed by atoms with Crippen LogP contribution in [0.25, 0.3) is 0 Å². The summed E-state index contributed by atoms with van der Waals surface area (Å²) in [6, 6.07) is 14.7. The number of aryl methyl sites for hydroxylation is 1. The third-order valence-corrected chi connectivity index (χ3v) is 6.67. The van der Waals surface area contributed by atoms with Crippen molar-refractivity contribution in [3.05, 3.63) is 65.7 Å². The molecular formula is C17H15Cl2N3O2S. The molecule has 1 N–H and O–H groups in total. The van der Waals surface area contributed by atoms with Crippen molar-refractivity contribution in [3.8, 4) is 0 Å². The summed E-state index contributed by atoms with van der Waals surface area (Å²) in [5, 5.41) is 4.15. The lowest BCUT2D eigenvalue weighted by molar-refractivity contribution is 0.589. The summed E-state index contributed by atoms with van der Waals surface area (Å²) in [5.74, 6) is 0. The minimum absolute atomic E-state index is 0.00515. The van der Waals surface area contributed by atoms with Crippen molar-refractivity contribution in [2.45, 2.75) is 22.6 Å². The van der Waals surface area contributed by atoms with E-state index in [0.717, 1.165) is 11.1 Å². The Morgan fingerprint density at radius 3 is 2.36 bits per heavy atom. The van der Waals surface area contributed by atoms with Crippen molar-refractivity contribution in [2.75, 3.05) is 0 Å². The van der Waals surface area contributed by atoms with Gasteiger partial charge in [0.25, 0.3) is 0 Å². The van der Waals surface area contributed by atoms with Crippen LogP contribution >= 0.6 is 23.2 Å². The summed E-state index contributed by atoms with van der Waals surface area (Å²) < 4.78 is 24.5. The lowest BCUT2D eigenvalue weighted by Crippen LogP contribution is -2.40. The molecule has 2 atom stereocenters. The zero-order chi connectivity index (χ0) is 18.0. The Bertz CT molecular complexity index is 926. The van der Waals surface area contributed by atoms with E-state index in [4.69, 9.17) is 23.2 Å². The standard InChI is InChI=1S/C17H15Cl2N3O2S/c1-11-7-9-13(10-8-11)25(23,24)16(18)15-14(21-22-17(19)20-15)12-5-3-2-4-6-12/h2-10,15-16H,1H3,(H,20,22)/t15-,16+/m0/s1. The molecule has 2 aromatic carbocycles. The first-order chi connectivity index (χ1) is 11.9. The van der Waals surface area contributed by atoms with Crippen molar-refractivity contribution >= 4 is 44.0 Å². The fourth-order valence-corrected chi connectivity index (χ4v) is 4.38. The number of sulfone groups is 1. The molecule has 0 saturated heterocycles. The van der Waals surface area contributed by atoms with Crippen LogP contribution in [-0.2, 0) is 9.84 Å². The van der Waals surface area contributed by atoms with E-state index >= 15 is 0 Å². The summed E-state index contributed by atoms with van der Waals surface area (Å²) >= 11 is 12.3. The quantitative estimate of drug-likeness (QED) is 0.637. The molecule has 0 amide bonds. The van der Waals surface area contributed by atoms with Crippen molar-refractivity contribution in [1.29, 1.82) is 0 Å². The van der Waals surface area contributed by atoms with E-state index in [0.29, 0.717) is 5.71 Å². The van der Waals surface area contributed by atoms with E-state index < -0.39 is 20.6 Å². The third-order valence-electron chi connectivity index (χ3n) is 3.76. The summed E-state index contributed by atoms with van der Waals surface area (Å²) in [7, 11) is -3.83. The second kappa shape index (κ2) is 7.15. The first kappa shape index (κ1) is 17.9. The van der Waals surface area contributed by atoms with Gasteiger partial charge < -0.3 is 0 Å². The third kappa shape index (κ3) is 3.71. The van der Waals surface area contributed by atoms with E-state index in [1.165, 1.54) is 12.1 Å². The predicted molar refractivity (Wildman–Crippen MR) is 101 cm³/mol. The topological polar surface area (TPSA) is 70.9 Å². The van der Waals surface area contributed by atoms with E-state index in [1.807, 2.05) is 37.3 Å². The van der Waals surface area contributed by atoms with Gasteiger partial charge in [-0.3, -0.25) is 5.43 Å². The molecule has 130 valence electrons. The van der Waals surface area contributed by atoms with Crippen LogP contribution < -0.4 is 5.43 Å². The maximum absolute atomic E-state index is 12.9. The molecule has 0 saturated carbocycles. The SMILES string of the molecule is Cc1ccc(S(=O)(=O)[C@@H](Cl)[C@H]2N=C(Cl)NN=C2c2ccccc2)cc1. The molecule has 0 spiro atoms. The maximum atomic E-state index is 12.9. The van der Waals surface area contributed by atoms with Gasteiger partial charge in [-0.2, -0.15) is 5.10 Å². The highest BCUT2D eigenvalue weighted by Gasteiger charge is 2.38. The predicted octanol–water partition coefficient (Wildman–Crippen LogP) is 3.30. The van der Waals surface area contributed by atoms with Crippen LogP contribution in [0.2, 0.25) is 0 Å². The lowest BCUT2D eigenvalue weighted by atomic mass is 10.0. The van der Waals surface area contributed by atoms with Crippen molar-refractivity contribution in [2.24, 2.45) is 10.1 Å². The molecule has 2 aromatic rings. The zero-order valence-electron chi connectivity index (χ0n) is 13.2. The second-order valence-corrected chi connectivity index (χ2v) is 8.71. The summed E-state index contributed by atoms with van der Waals surface area (Å²) in [5.41, 5.74) is 4.66. The molecular weight excluding hydrogens is 381 g/mol. The van der Waals surface area contributed by atoms with Gasteiger partial charge >= 0.3 is 0 Å². The Hall–Kier alpha value is -1.89. The monoisotopic (exact) mass is 395 g/mol. The Morgan fingerprint density at radius 1 is 1.08 bits per heavy atom. The molecule has 0 fully saturated rings. The molecule has 3 rings (SSSR count). The highest BCUT2D eigenvalue weighted by atomic mass is 35.5. The number of halogens is 2. The number of nitrogens with zero attached hydrogens (tertiary/aromatic N) is 2. The Labute approximate surface area is 156 Å². The van der Waals surface area contributed by atoms with Crippen LogP contribution in [0, 0.1) is 6.92 Å². The summed E-state index contributed by atoms with van der Waals surface area (Å²) in [4.78, 5) is 4.31. The molecule has 25 heavy (non-hydrogen) atoms. The minimum atomic E-state index is -3.83. The molecule has 0 bridgehead atoms. The van der Waals surface area contributed by atoms with Crippen molar-refractivity contribution < 1.29 is 8.42 Å². The van der Waals surface area contributed by atoms with E-state index in [-0.39, 0.29) is 10.2 Å². The number of hydrogen-bond donors (Lipinski definition) is 1. The minimum Gasteiger partial charge on any atom is -0.251 e. The number of hydrogen-bond acceptors (Lipinski definition) is 5. The smallest absolute Gasteiger partial charge is 0.212 e. The van der Waals surface area contributed by atoms with Gasteiger partial charge in [0.2, 0.25) is 5.29 Å². The molecule has 1 aliphatic rings. The molecule has 0 aliphatic carbocycles. The normalized spacial score (nSPS) is 18.8. The zero-order valence-corrected chi connectivity index (χ0v) is 15.6. The largest absolute Gasteiger partial charge is 0.251 e. The average molecular weight is 396 g/mol. The van der Waals surface area contributed by atoms with Crippen molar-refractivity contribution in [1.82, 2.24) is 5.43 Å². The van der Waals surface area contributed by atoms with E-state index in [2.05, 4.69) is 15.5 Å². The molecule has 1 heterocycles. The number of nitrogens with one attached hydrogen (secondary N) is 1. The Balaban J connectivity index is 2.00. The van der Waals surface area contributed by atoms with Crippen LogP contribution in [0.15, 0.2) is 69.6 Å². The van der Waals surface area contributed by atoms with Crippen LogP contribution in [0.1, 0.15) is 11.1 Å². The molecule has 8 heteroatoms. The Kier molecular flexibility index (Phi) is 5.13. The van der Waals surface area contributed by atoms with E-state index in [1.54, 1.807) is 12.1 Å². The van der Waals surface area contributed by atoms with Gasteiger partial charge in [-0.15, -0.1) is 11.6 Å².